The third-order valence-electron chi connectivity index (χ3n) is 3.85. The van der Waals surface area contributed by atoms with Crippen molar-refractivity contribution in [2.75, 3.05) is 19.7 Å². The van der Waals surface area contributed by atoms with Crippen LogP contribution >= 0.6 is 0 Å². The van der Waals surface area contributed by atoms with Crippen molar-refractivity contribution < 1.29 is 9.47 Å². The number of nitrogens with one attached hydrogen (secondary N) is 1. The molecular formula is C18H29NO2. The van der Waals surface area contributed by atoms with E-state index in [1.54, 1.807) is 0 Å². The van der Waals surface area contributed by atoms with E-state index in [-0.39, 0.29) is 6.10 Å². The van der Waals surface area contributed by atoms with Crippen LogP contribution in [0, 0.1) is 0 Å². The summed E-state index contributed by atoms with van der Waals surface area (Å²) < 4.78 is 11.8. The molecular weight excluding hydrogens is 262 g/mol. The Morgan fingerprint density at radius 1 is 1.29 bits per heavy atom. The molecule has 1 fully saturated rings. The highest BCUT2D eigenvalue weighted by Gasteiger charge is 2.17. The number of ether oxygens (including phenoxy) is 2. The summed E-state index contributed by atoms with van der Waals surface area (Å²) in [7, 11) is 0. The molecule has 1 aliphatic heterocycles. The standard InChI is InChI=1S/C18H29NO2/c1-4-5-11-20-17-9-8-15(12-18(17)21-14(2)3)16-7-6-10-19-13-16/h8-9,12,14,16,19H,4-7,10-11,13H2,1-3H3. The zero-order chi connectivity index (χ0) is 15.1. The summed E-state index contributed by atoms with van der Waals surface area (Å²) in [4.78, 5) is 0. The third kappa shape index (κ3) is 4.92. The molecule has 0 saturated carbocycles. The minimum Gasteiger partial charge on any atom is -0.490 e. The quantitative estimate of drug-likeness (QED) is 0.767. The fourth-order valence-corrected chi connectivity index (χ4v) is 2.71. The van der Waals surface area contributed by atoms with Crippen LogP contribution in [0.3, 0.4) is 0 Å². The maximum Gasteiger partial charge on any atom is 0.161 e. The molecule has 1 aromatic rings. The van der Waals surface area contributed by atoms with Crippen LogP contribution in [-0.2, 0) is 0 Å². The largest absolute Gasteiger partial charge is 0.490 e. The van der Waals surface area contributed by atoms with E-state index in [1.165, 1.54) is 18.4 Å². The summed E-state index contributed by atoms with van der Waals surface area (Å²) in [6, 6.07) is 6.46. The molecule has 1 atom stereocenters. The van der Waals surface area contributed by atoms with Gasteiger partial charge in [0.25, 0.3) is 0 Å². The first-order valence-electron chi connectivity index (χ1n) is 8.34. The molecule has 0 aliphatic carbocycles. The van der Waals surface area contributed by atoms with E-state index in [4.69, 9.17) is 9.47 Å². The molecule has 0 radical (unpaired) electrons. The van der Waals surface area contributed by atoms with Gasteiger partial charge in [-0.25, -0.2) is 0 Å². The predicted molar refractivity (Wildman–Crippen MR) is 87.5 cm³/mol. The zero-order valence-electron chi connectivity index (χ0n) is 13.7. The van der Waals surface area contributed by atoms with Gasteiger partial charge in [-0.1, -0.05) is 19.4 Å². The number of benzene rings is 1. The molecule has 0 amide bonds. The first-order valence-corrected chi connectivity index (χ1v) is 8.34. The van der Waals surface area contributed by atoms with Gasteiger partial charge in [0.05, 0.1) is 12.7 Å². The summed E-state index contributed by atoms with van der Waals surface area (Å²) >= 11 is 0. The van der Waals surface area contributed by atoms with Crippen LogP contribution in [0.1, 0.15) is 57.9 Å². The van der Waals surface area contributed by atoms with Gasteiger partial charge in [-0.3, -0.25) is 0 Å². The lowest BCUT2D eigenvalue weighted by atomic mass is 9.91. The molecule has 118 valence electrons. The smallest absolute Gasteiger partial charge is 0.161 e. The van der Waals surface area contributed by atoms with Gasteiger partial charge < -0.3 is 14.8 Å². The summed E-state index contributed by atoms with van der Waals surface area (Å²) in [6.45, 7) is 9.26. The monoisotopic (exact) mass is 291 g/mol. The molecule has 2 rings (SSSR count). The first kappa shape index (κ1) is 16.2. The van der Waals surface area contributed by atoms with Gasteiger partial charge in [0.2, 0.25) is 0 Å². The molecule has 1 saturated heterocycles. The molecule has 3 heteroatoms. The third-order valence-corrected chi connectivity index (χ3v) is 3.85. The maximum absolute atomic E-state index is 5.96. The molecule has 21 heavy (non-hydrogen) atoms. The van der Waals surface area contributed by atoms with E-state index in [9.17, 15) is 0 Å². The van der Waals surface area contributed by atoms with Crippen LogP contribution in [0.4, 0.5) is 0 Å². The second-order valence-corrected chi connectivity index (χ2v) is 6.12. The van der Waals surface area contributed by atoms with E-state index < -0.39 is 0 Å². The Morgan fingerprint density at radius 2 is 2.14 bits per heavy atom. The highest BCUT2D eigenvalue weighted by atomic mass is 16.5. The van der Waals surface area contributed by atoms with Crippen molar-refractivity contribution in [3.63, 3.8) is 0 Å². The van der Waals surface area contributed by atoms with E-state index in [1.807, 2.05) is 0 Å². The van der Waals surface area contributed by atoms with E-state index >= 15 is 0 Å². The molecule has 1 N–H and O–H groups in total. The van der Waals surface area contributed by atoms with Gasteiger partial charge >= 0.3 is 0 Å². The lowest BCUT2D eigenvalue weighted by Gasteiger charge is -2.24. The van der Waals surface area contributed by atoms with E-state index in [0.29, 0.717) is 5.92 Å². The number of hydrogen-bond acceptors (Lipinski definition) is 3. The van der Waals surface area contributed by atoms with Crippen LogP contribution in [0.25, 0.3) is 0 Å². The minimum atomic E-state index is 0.165. The number of rotatable bonds is 7. The van der Waals surface area contributed by atoms with Gasteiger partial charge in [-0.2, -0.15) is 0 Å². The molecule has 1 aromatic carbocycles. The van der Waals surface area contributed by atoms with Crippen LogP contribution in [0.5, 0.6) is 11.5 Å². The Kier molecular flexibility index (Phi) is 6.37. The molecule has 0 aromatic heterocycles. The summed E-state index contributed by atoms with van der Waals surface area (Å²) in [5, 5.41) is 3.48. The molecule has 0 spiro atoms. The topological polar surface area (TPSA) is 30.5 Å². The highest BCUT2D eigenvalue weighted by Crippen LogP contribution is 2.34. The molecule has 3 nitrogen and oxygen atoms in total. The summed E-state index contributed by atoms with van der Waals surface area (Å²) in [5.74, 6) is 2.37. The van der Waals surface area contributed by atoms with Crippen molar-refractivity contribution in [3.05, 3.63) is 23.8 Å². The lowest BCUT2D eigenvalue weighted by molar-refractivity contribution is 0.219. The second-order valence-electron chi connectivity index (χ2n) is 6.12. The SMILES string of the molecule is CCCCOc1ccc(C2CCCNC2)cc1OC(C)C. The number of unbranched alkanes of at least 4 members (excludes halogenated alkanes) is 1. The fourth-order valence-electron chi connectivity index (χ4n) is 2.71. The van der Waals surface area contributed by atoms with E-state index in [0.717, 1.165) is 44.0 Å². The summed E-state index contributed by atoms with van der Waals surface area (Å²) in [6.07, 6.45) is 4.89. The Labute approximate surface area is 129 Å². The van der Waals surface area contributed by atoms with Gasteiger partial charge in [-0.05, 0) is 63.3 Å². The lowest BCUT2D eigenvalue weighted by Crippen LogP contribution is -2.28. The van der Waals surface area contributed by atoms with Crippen molar-refractivity contribution in [1.29, 1.82) is 0 Å². The first-order chi connectivity index (χ1) is 10.2. The Bertz CT molecular complexity index is 425. The van der Waals surface area contributed by atoms with Crippen molar-refractivity contribution in [3.8, 4) is 11.5 Å². The van der Waals surface area contributed by atoms with Crippen LogP contribution in [-0.4, -0.2) is 25.8 Å². The average molecular weight is 291 g/mol. The number of hydrogen-bond donors (Lipinski definition) is 1. The Balaban J connectivity index is 2.12. The number of piperidine rings is 1. The van der Waals surface area contributed by atoms with Crippen molar-refractivity contribution in [2.24, 2.45) is 0 Å². The van der Waals surface area contributed by atoms with E-state index in [2.05, 4.69) is 44.3 Å². The molecule has 0 bridgehead atoms. The van der Waals surface area contributed by atoms with Crippen LogP contribution < -0.4 is 14.8 Å². The maximum atomic E-state index is 5.96. The minimum absolute atomic E-state index is 0.165. The van der Waals surface area contributed by atoms with Crippen LogP contribution in [0.2, 0.25) is 0 Å². The second kappa shape index (κ2) is 8.28. The highest BCUT2D eigenvalue weighted by molar-refractivity contribution is 5.44. The molecule has 1 heterocycles. The van der Waals surface area contributed by atoms with Crippen LogP contribution in [0.15, 0.2) is 18.2 Å². The predicted octanol–water partition coefficient (Wildman–Crippen LogP) is 4.12. The van der Waals surface area contributed by atoms with Gasteiger partial charge in [0, 0.05) is 6.54 Å². The van der Waals surface area contributed by atoms with Gasteiger partial charge in [0.1, 0.15) is 0 Å². The Hall–Kier alpha value is -1.22. The molecule has 1 unspecified atom stereocenters. The van der Waals surface area contributed by atoms with Crippen molar-refractivity contribution in [2.45, 2.75) is 58.5 Å². The zero-order valence-corrected chi connectivity index (χ0v) is 13.7. The van der Waals surface area contributed by atoms with Crippen molar-refractivity contribution in [1.82, 2.24) is 5.32 Å². The normalized spacial score (nSPS) is 18.8. The van der Waals surface area contributed by atoms with Gasteiger partial charge in [-0.15, -0.1) is 0 Å². The van der Waals surface area contributed by atoms with Gasteiger partial charge in [0.15, 0.2) is 11.5 Å². The van der Waals surface area contributed by atoms with Crippen molar-refractivity contribution >= 4 is 0 Å². The summed E-state index contributed by atoms with van der Waals surface area (Å²) in [5.41, 5.74) is 1.36. The Morgan fingerprint density at radius 3 is 2.81 bits per heavy atom. The average Bonchev–Trinajstić information content (AvgIpc) is 2.49. The fraction of sp³-hybridized carbons (Fsp3) is 0.667. The molecule has 1 aliphatic rings.